The summed E-state index contributed by atoms with van der Waals surface area (Å²) in [5.74, 6) is -0.862. The molecule has 1 atom stereocenters. The zero-order chi connectivity index (χ0) is 19.3. The molecular weight excluding hydrogens is 380 g/mol. The van der Waals surface area contributed by atoms with Gasteiger partial charge in [0.1, 0.15) is 10.5 Å². The van der Waals surface area contributed by atoms with Gasteiger partial charge in [0.15, 0.2) is 16.4 Å². The number of benzene rings is 2. The molecule has 0 aliphatic carbocycles. The van der Waals surface area contributed by atoms with E-state index in [2.05, 4.69) is 0 Å². The minimum absolute atomic E-state index is 0.0525. The van der Waals surface area contributed by atoms with Crippen LogP contribution in [0.5, 0.6) is 5.75 Å². The third kappa shape index (κ3) is 2.86. The fourth-order valence-electron chi connectivity index (χ4n) is 2.96. The second-order valence-electron chi connectivity index (χ2n) is 6.58. The van der Waals surface area contributed by atoms with Crippen molar-refractivity contribution in [2.45, 2.75) is 29.6 Å². The van der Waals surface area contributed by atoms with Crippen molar-refractivity contribution < 1.29 is 28.2 Å². The van der Waals surface area contributed by atoms with Crippen molar-refractivity contribution in [2.24, 2.45) is 0 Å². The van der Waals surface area contributed by atoms with Crippen LogP contribution in [0.1, 0.15) is 25.5 Å². The fraction of sp³-hybridized carbons (Fsp3) is 0.278. The number of ether oxygens (including phenoxy) is 1. The predicted molar refractivity (Wildman–Crippen MR) is 96.2 cm³/mol. The minimum Gasteiger partial charge on any atom is -0.481 e. The first-order valence-electron chi connectivity index (χ1n) is 7.77. The Labute approximate surface area is 155 Å². The van der Waals surface area contributed by atoms with Crippen LogP contribution in [0, 0.1) is 0 Å². The highest BCUT2D eigenvalue weighted by molar-refractivity contribution is 7.93. The highest BCUT2D eigenvalue weighted by Crippen LogP contribution is 2.48. The maximum Gasteiger partial charge on any atom is 0.341 e. The van der Waals surface area contributed by atoms with Crippen molar-refractivity contribution in [1.82, 2.24) is 0 Å². The number of carboxylic acid groups (broad SMARTS) is 1. The molecule has 0 radical (unpaired) electrons. The van der Waals surface area contributed by atoms with E-state index in [1.165, 1.54) is 26.0 Å². The van der Waals surface area contributed by atoms with Crippen LogP contribution in [0.25, 0.3) is 11.1 Å². The Balaban J connectivity index is 2.14. The number of carbonyl (C=O) groups is 1. The van der Waals surface area contributed by atoms with Gasteiger partial charge in [0.05, 0.1) is 11.0 Å². The molecule has 0 fully saturated rings. The average molecular weight is 397 g/mol. The lowest BCUT2D eigenvalue weighted by atomic mass is 9.96. The van der Waals surface area contributed by atoms with Gasteiger partial charge in [-0.1, -0.05) is 23.7 Å². The van der Waals surface area contributed by atoms with E-state index in [1.807, 2.05) is 0 Å². The summed E-state index contributed by atoms with van der Waals surface area (Å²) < 4.78 is 29.5. The molecule has 0 aromatic heterocycles. The fourth-order valence-corrected chi connectivity index (χ4v) is 4.89. The molecule has 1 aliphatic rings. The smallest absolute Gasteiger partial charge is 0.341 e. The monoisotopic (exact) mass is 396 g/mol. The van der Waals surface area contributed by atoms with Crippen molar-refractivity contribution in [1.29, 1.82) is 0 Å². The van der Waals surface area contributed by atoms with Crippen LogP contribution in [0.15, 0.2) is 41.3 Å². The lowest BCUT2D eigenvalue weighted by Crippen LogP contribution is -2.32. The topological polar surface area (TPSA) is 101 Å². The van der Waals surface area contributed by atoms with Crippen molar-refractivity contribution in [3.8, 4) is 16.9 Å². The molecule has 1 heterocycles. The molecule has 8 heteroatoms. The summed E-state index contributed by atoms with van der Waals surface area (Å²) in [5, 5.41) is 19.6. The Bertz CT molecular complexity index is 997. The number of aliphatic hydroxyl groups is 1. The molecule has 0 amide bonds. The Morgan fingerprint density at radius 1 is 1.23 bits per heavy atom. The molecule has 1 aliphatic heterocycles. The molecule has 3 rings (SSSR count). The van der Waals surface area contributed by atoms with Crippen molar-refractivity contribution in [3.63, 3.8) is 0 Å². The van der Waals surface area contributed by atoms with Crippen molar-refractivity contribution in [2.75, 3.05) is 6.61 Å². The number of aliphatic hydroxyl groups excluding tert-OH is 1. The molecule has 2 N–H and O–H groups in total. The third-order valence-corrected chi connectivity index (χ3v) is 7.33. The van der Waals surface area contributed by atoms with Crippen LogP contribution in [0.3, 0.4) is 0 Å². The van der Waals surface area contributed by atoms with E-state index >= 15 is 0 Å². The molecule has 0 saturated heterocycles. The quantitative estimate of drug-likeness (QED) is 0.823. The molecule has 6 nitrogen and oxygen atoms in total. The number of halogens is 1. The Morgan fingerprint density at radius 3 is 2.58 bits per heavy atom. The summed E-state index contributed by atoms with van der Waals surface area (Å²) in [6.07, 6.45) is -1.13. The second-order valence-corrected chi connectivity index (χ2v) is 9.52. The summed E-state index contributed by atoms with van der Waals surface area (Å²) in [6, 6.07) is 9.33. The number of rotatable bonds is 4. The normalized spacial score (nSPS) is 19.8. The van der Waals surface area contributed by atoms with Gasteiger partial charge in [-0.25, -0.2) is 13.2 Å². The standard InChI is InChI=1S/C18H17ClO6S/c1-18(2)17(22)12-5-3-10(7-15(12)26(18,23)24)13-8-11(19)4-6-14(13)25-9-16(20)21/h3-8,17,22H,9H2,1-2H3,(H,20,21). The molecule has 2 aromatic carbocycles. The third-order valence-electron chi connectivity index (χ3n) is 4.55. The number of carboxylic acids is 1. The first-order chi connectivity index (χ1) is 12.1. The Hall–Kier alpha value is -2.09. The van der Waals surface area contributed by atoms with Gasteiger partial charge in [-0.15, -0.1) is 0 Å². The van der Waals surface area contributed by atoms with Crippen LogP contribution in [-0.2, 0) is 14.6 Å². The minimum atomic E-state index is -3.73. The molecular formula is C18H17ClO6S. The SMILES string of the molecule is CC1(C)C(O)c2ccc(-c3cc(Cl)ccc3OCC(=O)O)cc2S1(=O)=O. The second kappa shape index (κ2) is 6.26. The maximum atomic E-state index is 12.8. The van der Waals surface area contributed by atoms with Crippen LogP contribution >= 0.6 is 11.6 Å². The van der Waals surface area contributed by atoms with Crippen molar-refractivity contribution in [3.05, 3.63) is 47.0 Å². The number of sulfone groups is 1. The summed E-state index contributed by atoms with van der Waals surface area (Å²) in [5.41, 5.74) is 1.31. The highest BCUT2D eigenvalue weighted by atomic mass is 35.5. The molecule has 2 aromatic rings. The van der Waals surface area contributed by atoms with Gasteiger partial charge in [-0.05, 0) is 43.7 Å². The number of hydrogen-bond donors (Lipinski definition) is 2. The van der Waals surface area contributed by atoms with Crippen LogP contribution in [-0.4, -0.2) is 36.0 Å². The first kappa shape index (κ1) is 18.7. The maximum absolute atomic E-state index is 12.8. The largest absolute Gasteiger partial charge is 0.481 e. The highest BCUT2D eigenvalue weighted by Gasteiger charge is 2.51. The van der Waals surface area contributed by atoms with E-state index < -0.39 is 33.3 Å². The van der Waals surface area contributed by atoms with Gasteiger partial charge in [0.25, 0.3) is 0 Å². The van der Waals surface area contributed by atoms with Crippen molar-refractivity contribution >= 4 is 27.4 Å². The number of hydrogen-bond acceptors (Lipinski definition) is 5. The number of aliphatic carboxylic acids is 1. The summed E-state index contributed by atoms with van der Waals surface area (Å²) in [7, 11) is -3.73. The Morgan fingerprint density at radius 2 is 1.92 bits per heavy atom. The predicted octanol–water partition coefficient (Wildman–Crippen LogP) is 3.07. The van der Waals surface area contributed by atoms with Gasteiger partial charge in [0.2, 0.25) is 0 Å². The molecule has 0 saturated carbocycles. The zero-order valence-electron chi connectivity index (χ0n) is 14.1. The van der Waals surface area contributed by atoms with E-state index in [4.69, 9.17) is 21.4 Å². The van der Waals surface area contributed by atoms with Gasteiger partial charge in [-0.2, -0.15) is 0 Å². The van der Waals surface area contributed by atoms with E-state index in [-0.39, 0.29) is 10.6 Å². The Kier molecular flexibility index (Phi) is 4.50. The molecule has 0 bridgehead atoms. The molecule has 138 valence electrons. The molecule has 26 heavy (non-hydrogen) atoms. The van der Waals surface area contributed by atoms with E-state index in [9.17, 15) is 18.3 Å². The lowest BCUT2D eigenvalue weighted by Gasteiger charge is -2.20. The summed E-state index contributed by atoms with van der Waals surface area (Å²) in [4.78, 5) is 10.8. The van der Waals surface area contributed by atoms with Crippen LogP contribution in [0.4, 0.5) is 0 Å². The molecule has 0 spiro atoms. The van der Waals surface area contributed by atoms with Gasteiger partial charge in [0, 0.05) is 16.1 Å². The lowest BCUT2D eigenvalue weighted by molar-refractivity contribution is -0.139. The summed E-state index contributed by atoms with van der Waals surface area (Å²) >= 11 is 6.04. The molecule has 1 unspecified atom stereocenters. The van der Waals surface area contributed by atoms with Gasteiger partial charge < -0.3 is 14.9 Å². The van der Waals surface area contributed by atoms with E-state index in [0.717, 1.165) is 0 Å². The average Bonchev–Trinajstić information content (AvgIpc) is 2.71. The summed E-state index contributed by atoms with van der Waals surface area (Å²) in [6.45, 7) is 2.42. The van der Waals surface area contributed by atoms with E-state index in [1.54, 1.807) is 24.3 Å². The van der Waals surface area contributed by atoms with Gasteiger partial charge in [-0.3, -0.25) is 0 Å². The van der Waals surface area contributed by atoms with Gasteiger partial charge >= 0.3 is 5.97 Å². The first-order valence-corrected chi connectivity index (χ1v) is 9.63. The van der Waals surface area contributed by atoms with E-state index in [0.29, 0.717) is 21.7 Å². The number of fused-ring (bicyclic) bond motifs is 1. The van der Waals surface area contributed by atoms with Crippen LogP contribution < -0.4 is 4.74 Å². The van der Waals surface area contributed by atoms with Crippen LogP contribution in [0.2, 0.25) is 5.02 Å². The zero-order valence-corrected chi connectivity index (χ0v) is 15.6.